The van der Waals surface area contributed by atoms with Gasteiger partial charge in [-0.1, -0.05) is 22.8 Å². The summed E-state index contributed by atoms with van der Waals surface area (Å²) < 4.78 is 59.9. The summed E-state index contributed by atoms with van der Waals surface area (Å²) in [5.41, 5.74) is 0.705. The van der Waals surface area contributed by atoms with Crippen LogP contribution in [-0.2, 0) is 10.0 Å². The summed E-state index contributed by atoms with van der Waals surface area (Å²) in [6.45, 7) is 0. The van der Waals surface area contributed by atoms with Gasteiger partial charge in [0.05, 0.1) is 35.3 Å². The van der Waals surface area contributed by atoms with E-state index in [1.54, 1.807) is 18.2 Å². The highest BCUT2D eigenvalue weighted by Crippen LogP contribution is 2.36. The third-order valence-electron chi connectivity index (χ3n) is 5.83. The molecule has 194 valence electrons. The van der Waals surface area contributed by atoms with Gasteiger partial charge < -0.3 is 14.0 Å². The number of halogens is 2. The number of anilines is 1. The number of pyridine rings is 1. The summed E-state index contributed by atoms with van der Waals surface area (Å²) in [6.07, 6.45) is 1.23. The van der Waals surface area contributed by atoms with Crippen molar-refractivity contribution in [3.63, 3.8) is 0 Å². The normalized spacial score (nSPS) is 11.5. The summed E-state index contributed by atoms with van der Waals surface area (Å²) >= 11 is 6.22. The Morgan fingerprint density at radius 2 is 1.76 bits per heavy atom. The molecule has 0 amide bonds. The van der Waals surface area contributed by atoms with Gasteiger partial charge in [-0.15, -0.1) is 0 Å². The monoisotopic (exact) mass is 555 g/mol. The lowest BCUT2D eigenvalue weighted by molar-refractivity contribution is 0.412. The Kier molecular flexibility index (Phi) is 6.55. The van der Waals surface area contributed by atoms with Crippen molar-refractivity contribution in [1.82, 2.24) is 9.72 Å². The van der Waals surface area contributed by atoms with Crippen molar-refractivity contribution < 1.29 is 26.8 Å². The Balaban J connectivity index is 1.63. The molecule has 2 aromatic heterocycles. The Morgan fingerprint density at radius 1 is 0.974 bits per heavy atom. The van der Waals surface area contributed by atoms with Gasteiger partial charge in [0.1, 0.15) is 23.6 Å². The second-order valence-corrected chi connectivity index (χ2v) is 10.2. The molecule has 0 aliphatic carbocycles. The number of ether oxygens (including phenoxy) is 2. The zero-order chi connectivity index (χ0) is 27.0. The van der Waals surface area contributed by atoms with E-state index in [0.29, 0.717) is 27.2 Å². The topological polar surface area (TPSA) is 113 Å². The van der Waals surface area contributed by atoms with Crippen LogP contribution in [0.25, 0.3) is 27.7 Å². The third-order valence-corrected chi connectivity index (χ3v) is 7.47. The number of hydrogen-bond acceptors (Lipinski definition) is 7. The standard InChI is InChI=1S/C26H19ClFN3O6S/c1-35-23-7-3-15(12-19(23)27)18-13-24(36-2)22(14-20(18)28)31-21-6-5-17(11-16(21)4-8-26(31)32)38(33,34)30-25-9-10-37-29-25/h3-14H,1-2H3,(H,29,30). The summed E-state index contributed by atoms with van der Waals surface area (Å²) in [5.74, 6) is 0.0575. The van der Waals surface area contributed by atoms with Crippen LogP contribution < -0.4 is 19.8 Å². The van der Waals surface area contributed by atoms with Crippen LogP contribution in [0.15, 0.2) is 87.2 Å². The fraction of sp³-hybridized carbons (Fsp3) is 0.0769. The molecule has 12 heteroatoms. The summed E-state index contributed by atoms with van der Waals surface area (Å²) in [7, 11) is -1.11. The van der Waals surface area contributed by atoms with E-state index >= 15 is 4.39 Å². The van der Waals surface area contributed by atoms with Crippen LogP contribution in [0.2, 0.25) is 5.02 Å². The highest BCUT2D eigenvalue weighted by atomic mass is 35.5. The van der Waals surface area contributed by atoms with Crippen LogP contribution in [0.1, 0.15) is 0 Å². The van der Waals surface area contributed by atoms with Crippen molar-refractivity contribution >= 4 is 38.3 Å². The highest BCUT2D eigenvalue weighted by molar-refractivity contribution is 7.92. The van der Waals surface area contributed by atoms with E-state index in [0.717, 1.165) is 0 Å². The molecule has 2 heterocycles. The smallest absolute Gasteiger partial charge is 0.263 e. The first-order chi connectivity index (χ1) is 18.2. The average Bonchev–Trinajstić information content (AvgIpc) is 3.40. The Hall–Kier alpha value is -4.35. The van der Waals surface area contributed by atoms with Gasteiger partial charge in [-0.05, 0) is 48.0 Å². The molecule has 1 N–H and O–H groups in total. The maximum atomic E-state index is 15.4. The van der Waals surface area contributed by atoms with Crippen LogP contribution in [0.4, 0.5) is 10.2 Å². The minimum Gasteiger partial charge on any atom is -0.495 e. The predicted molar refractivity (Wildman–Crippen MR) is 140 cm³/mol. The van der Waals surface area contributed by atoms with Gasteiger partial charge >= 0.3 is 0 Å². The number of rotatable bonds is 7. The van der Waals surface area contributed by atoms with Crippen molar-refractivity contribution in [2.45, 2.75) is 4.90 Å². The number of methoxy groups -OCH3 is 2. The van der Waals surface area contributed by atoms with E-state index in [9.17, 15) is 13.2 Å². The van der Waals surface area contributed by atoms with E-state index in [-0.39, 0.29) is 27.7 Å². The van der Waals surface area contributed by atoms with Crippen molar-refractivity contribution in [2.24, 2.45) is 0 Å². The molecule has 0 aliphatic rings. The number of sulfonamides is 1. The molecule has 5 rings (SSSR count). The van der Waals surface area contributed by atoms with Crippen molar-refractivity contribution in [2.75, 3.05) is 18.9 Å². The third kappa shape index (κ3) is 4.57. The minimum absolute atomic E-state index is 0.0218. The number of nitrogens with zero attached hydrogens (tertiary/aromatic N) is 2. The molecule has 5 aromatic rings. The number of aromatic nitrogens is 2. The second-order valence-electron chi connectivity index (χ2n) is 8.07. The lowest BCUT2D eigenvalue weighted by Crippen LogP contribution is -2.19. The molecule has 0 radical (unpaired) electrons. The zero-order valence-electron chi connectivity index (χ0n) is 19.9. The molecule has 0 atom stereocenters. The van der Waals surface area contributed by atoms with E-state index in [2.05, 4.69) is 14.4 Å². The van der Waals surface area contributed by atoms with Crippen molar-refractivity contribution in [3.8, 4) is 28.3 Å². The van der Waals surface area contributed by atoms with Crippen LogP contribution in [0.5, 0.6) is 11.5 Å². The van der Waals surface area contributed by atoms with Gasteiger partial charge in [-0.2, -0.15) is 0 Å². The molecule has 38 heavy (non-hydrogen) atoms. The lowest BCUT2D eigenvalue weighted by Gasteiger charge is -2.17. The molecule has 3 aromatic carbocycles. The molecule has 0 saturated heterocycles. The molecule has 0 unspecified atom stereocenters. The van der Waals surface area contributed by atoms with E-state index in [1.807, 2.05) is 0 Å². The summed E-state index contributed by atoms with van der Waals surface area (Å²) in [4.78, 5) is 12.9. The second kappa shape index (κ2) is 9.84. The van der Waals surface area contributed by atoms with Crippen LogP contribution in [0.3, 0.4) is 0 Å². The largest absolute Gasteiger partial charge is 0.495 e. The van der Waals surface area contributed by atoms with Gasteiger partial charge in [-0.3, -0.25) is 14.1 Å². The SMILES string of the molecule is COc1ccc(-c2cc(OC)c(-n3c(=O)ccc4cc(S(=O)(=O)Nc5ccon5)ccc43)cc2F)cc1Cl. The van der Waals surface area contributed by atoms with Gasteiger partial charge in [0.25, 0.3) is 15.6 Å². The molecule has 0 saturated carbocycles. The van der Waals surface area contributed by atoms with Gasteiger partial charge in [0, 0.05) is 29.1 Å². The molecule has 0 fully saturated rings. The maximum Gasteiger partial charge on any atom is 0.263 e. The first-order valence-electron chi connectivity index (χ1n) is 11.0. The summed E-state index contributed by atoms with van der Waals surface area (Å²) in [6, 6.07) is 15.8. The van der Waals surface area contributed by atoms with Crippen molar-refractivity contribution in [1.29, 1.82) is 0 Å². The van der Waals surface area contributed by atoms with Gasteiger partial charge in [0.2, 0.25) is 0 Å². The minimum atomic E-state index is -3.99. The Morgan fingerprint density at radius 3 is 2.45 bits per heavy atom. The highest BCUT2D eigenvalue weighted by Gasteiger charge is 2.20. The summed E-state index contributed by atoms with van der Waals surface area (Å²) in [5, 5.41) is 4.28. The maximum absolute atomic E-state index is 15.4. The first kappa shape index (κ1) is 25.3. The van der Waals surface area contributed by atoms with Gasteiger partial charge in [0.15, 0.2) is 5.82 Å². The molecular weight excluding hydrogens is 537 g/mol. The molecule has 0 spiro atoms. The Labute approximate surface area is 221 Å². The van der Waals surface area contributed by atoms with E-state index in [4.69, 9.17) is 21.1 Å². The number of hydrogen-bond donors (Lipinski definition) is 1. The Bertz CT molecular complexity index is 1840. The predicted octanol–water partition coefficient (Wildman–Crippen LogP) is 5.26. The van der Waals surface area contributed by atoms with Gasteiger partial charge in [-0.25, -0.2) is 12.8 Å². The number of fused-ring (bicyclic) bond motifs is 1. The fourth-order valence-corrected chi connectivity index (χ4v) is 5.32. The average molecular weight is 556 g/mol. The molecule has 9 nitrogen and oxygen atoms in total. The fourth-order valence-electron chi connectivity index (χ4n) is 4.04. The zero-order valence-corrected chi connectivity index (χ0v) is 21.5. The molecular formula is C26H19ClFN3O6S. The quantitative estimate of drug-likeness (QED) is 0.291. The van der Waals surface area contributed by atoms with Crippen LogP contribution >= 0.6 is 11.6 Å². The van der Waals surface area contributed by atoms with Crippen LogP contribution in [0, 0.1) is 5.82 Å². The molecule has 0 aliphatic heterocycles. The van der Waals surface area contributed by atoms with Crippen molar-refractivity contribution in [3.05, 3.63) is 94.2 Å². The number of benzene rings is 3. The van der Waals surface area contributed by atoms with E-state index < -0.39 is 21.4 Å². The molecule has 0 bridgehead atoms. The lowest BCUT2D eigenvalue weighted by atomic mass is 10.0. The first-order valence-corrected chi connectivity index (χ1v) is 12.9. The van der Waals surface area contributed by atoms with E-state index in [1.165, 1.54) is 73.6 Å². The number of nitrogens with one attached hydrogen (secondary N) is 1. The van der Waals surface area contributed by atoms with Crippen LogP contribution in [-0.4, -0.2) is 32.4 Å².